The van der Waals surface area contributed by atoms with E-state index in [1.807, 2.05) is 48.5 Å². The lowest BCUT2D eigenvalue weighted by atomic mass is 9.63. The molecular weight excluding hydrogens is 312 g/mol. The first-order chi connectivity index (χ1) is 12.2. The molecule has 3 aliphatic rings. The number of para-hydroxylation sites is 1. The summed E-state index contributed by atoms with van der Waals surface area (Å²) in [6.45, 7) is 0. The van der Waals surface area contributed by atoms with Crippen molar-refractivity contribution in [3.8, 4) is 5.75 Å². The van der Waals surface area contributed by atoms with Gasteiger partial charge >= 0.3 is 5.97 Å². The Kier molecular flexibility index (Phi) is 4.16. The van der Waals surface area contributed by atoms with Crippen LogP contribution in [0.3, 0.4) is 0 Å². The Balaban J connectivity index is 1.43. The van der Waals surface area contributed by atoms with Crippen LogP contribution in [0.25, 0.3) is 0 Å². The summed E-state index contributed by atoms with van der Waals surface area (Å²) in [7, 11) is 0. The van der Waals surface area contributed by atoms with Crippen LogP contribution in [0.15, 0.2) is 60.7 Å². The van der Waals surface area contributed by atoms with Crippen LogP contribution >= 0.6 is 0 Å². The SMILES string of the molecule is O=C(Oc1ccccc1)C1CC2CC1(C(=O)CCc1ccccc1)C2. The van der Waals surface area contributed by atoms with Crippen LogP contribution in [0.4, 0.5) is 0 Å². The third-order valence-electron chi connectivity index (χ3n) is 5.83. The predicted octanol–water partition coefficient (Wildman–Crippen LogP) is 4.21. The van der Waals surface area contributed by atoms with Gasteiger partial charge in [0.1, 0.15) is 11.5 Å². The second-order valence-corrected chi connectivity index (χ2v) is 7.36. The summed E-state index contributed by atoms with van der Waals surface area (Å²) in [5, 5.41) is 0. The topological polar surface area (TPSA) is 43.4 Å². The molecule has 0 heterocycles. The van der Waals surface area contributed by atoms with Crippen LogP contribution in [-0.2, 0) is 16.0 Å². The third kappa shape index (κ3) is 2.99. The number of fused-ring (bicyclic) bond motifs is 1. The Bertz CT molecular complexity index is 760. The van der Waals surface area contributed by atoms with Gasteiger partial charge in [-0.25, -0.2) is 0 Å². The maximum absolute atomic E-state index is 12.9. The summed E-state index contributed by atoms with van der Waals surface area (Å²) < 4.78 is 5.54. The molecular formula is C22H22O3. The van der Waals surface area contributed by atoms with Gasteiger partial charge in [0.2, 0.25) is 0 Å². The molecule has 0 saturated heterocycles. The van der Waals surface area contributed by atoms with Gasteiger partial charge < -0.3 is 4.74 Å². The zero-order chi connectivity index (χ0) is 17.3. The standard InChI is InChI=1S/C22H22O3/c23-20(12-11-16-7-3-1-4-8-16)22-14-17(15-22)13-19(22)21(24)25-18-9-5-2-6-10-18/h1-10,17,19H,11-15H2. The summed E-state index contributed by atoms with van der Waals surface area (Å²) in [6.07, 6.45) is 3.76. The Labute approximate surface area is 148 Å². The molecule has 2 aromatic rings. The fraction of sp³-hybridized carbons (Fsp3) is 0.364. The van der Waals surface area contributed by atoms with Crippen molar-refractivity contribution in [2.24, 2.45) is 17.3 Å². The number of aryl methyl sites for hydroxylation is 1. The number of carbonyl (C=O) groups excluding carboxylic acids is 2. The summed E-state index contributed by atoms with van der Waals surface area (Å²) >= 11 is 0. The number of ether oxygens (including phenoxy) is 1. The fourth-order valence-corrected chi connectivity index (χ4v) is 4.55. The van der Waals surface area contributed by atoms with Gasteiger partial charge in [0, 0.05) is 11.8 Å². The monoisotopic (exact) mass is 334 g/mol. The van der Waals surface area contributed by atoms with Gasteiger partial charge in [-0.05, 0) is 49.3 Å². The number of carbonyl (C=O) groups is 2. The molecule has 2 aromatic carbocycles. The number of rotatable bonds is 6. The number of esters is 1. The van der Waals surface area contributed by atoms with Crippen molar-refractivity contribution in [3.63, 3.8) is 0 Å². The molecule has 0 aromatic heterocycles. The number of hydrogen-bond donors (Lipinski definition) is 0. The van der Waals surface area contributed by atoms with Crippen molar-refractivity contribution in [1.29, 1.82) is 0 Å². The molecule has 0 spiro atoms. The van der Waals surface area contributed by atoms with Crippen molar-refractivity contribution >= 4 is 11.8 Å². The molecule has 3 aliphatic carbocycles. The molecule has 1 atom stereocenters. The maximum Gasteiger partial charge on any atom is 0.315 e. The first-order valence-corrected chi connectivity index (χ1v) is 9.01. The summed E-state index contributed by atoms with van der Waals surface area (Å²) in [6, 6.07) is 19.2. The largest absolute Gasteiger partial charge is 0.426 e. The Morgan fingerprint density at radius 1 is 0.960 bits per heavy atom. The lowest BCUT2D eigenvalue weighted by Gasteiger charge is -2.39. The zero-order valence-corrected chi connectivity index (χ0v) is 14.2. The van der Waals surface area contributed by atoms with Gasteiger partial charge in [-0.1, -0.05) is 48.5 Å². The molecule has 25 heavy (non-hydrogen) atoms. The molecule has 3 nitrogen and oxygen atoms in total. The summed E-state index contributed by atoms with van der Waals surface area (Å²) in [4.78, 5) is 25.6. The van der Waals surface area contributed by atoms with Gasteiger partial charge in [0.05, 0.1) is 5.92 Å². The first-order valence-electron chi connectivity index (χ1n) is 9.01. The van der Waals surface area contributed by atoms with Crippen LogP contribution in [0, 0.1) is 17.3 Å². The molecule has 3 saturated carbocycles. The number of benzene rings is 2. The lowest BCUT2D eigenvalue weighted by molar-refractivity contribution is -0.149. The van der Waals surface area contributed by atoms with E-state index in [1.54, 1.807) is 12.1 Å². The molecule has 0 N–H and O–H groups in total. The molecule has 0 aliphatic heterocycles. The average Bonchev–Trinajstić information content (AvgIpc) is 3.18. The van der Waals surface area contributed by atoms with E-state index in [0.29, 0.717) is 18.1 Å². The molecule has 1 unspecified atom stereocenters. The molecule has 5 rings (SSSR count). The van der Waals surface area contributed by atoms with Gasteiger partial charge in [-0.2, -0.15) is 0 Å². The molecule has 0 radical (unpaired) electrons. The number of hydrogen-bond acceptors (Lipinski definition) is 3. The van der Waals surface area contributed by atoms with Crippen molar-refractivity contribution in [2.45, 2.75) is 32.1 Å². The minimum atomic E-state index is -0.467. The first kappa shape index (κ1) is 16.1. The van der Waals surface area contributed by atoms with Crippen molar-refractivity contribution in [3.05, 3.63) is 66.2 Å². The van der Waals surface area contributed by atoms with Crippen molar-refractivity contribution in [1.82, 2.24) is 0 Å². The molecule has 2 bridgehead atoms. The van der Waals surface area contributed by atoms with E-state index in [2.05, 4.69) is 0 Å². The van der Waals surface area contributed by atoms with Crippen LogP contribution in [-0.4, -0.2) is 11.8 Å². The van der Waals surface area contributed by atoms with E-state index in [0.717, 1.165) is 25.7 Å². The van der Waals surface area contributed by atoms with Gasteiger partial charge in [-0.3, -0.25) is 9.59 Å². The lowest BCUT2D eigenvalue weighted by Crippen LogP contribution is -2.43. The van der Waals surface area contributed by atoms with Crippen LogP contribution in [0.2, 0.25) is 0 Å². The minimum absolute atomic E-state index is 0.236. The highest BCUT2D eigenvalue weighted by molar-refractivity contribution is 5.93. The van der Waals surface area contributed by atoms with Crippen molar-refractivity contribution < 1.29 is 14.3 Å². The average molecular weight is 334 g/mol. The van der Waals surface area contributed by atoms with Crippen LogP contribution in [0.1, 0.15) is 31.2 Å². The van der Waals surface area contributed by atoms with E-state index in [-0.39, 0.29) is 17.7 Å². The Morgan fingerprint density at radius 3 is 2.28 bits per heavy atom. The Morgan fingerprint density at radius 2 is 1.60 bits per heavy atom. The zero-order valence-electron chi connectivity index (χ0n) is 14.2. The summed E-state index contributed by atoms with van der Waals surface area (Å²) in [5.74, 6) is 0.790. The van der Waals surface area contributed by atoms with E-state index in [9.17, 15) is 9.59 Å². The normalized spacial score (nSPS) is 26.7. The predicted molar refractivity (Wildman–Crippen MR) is 95.1 cm³/mol. The molecule has 0 amide bonds. The minimum Gasteiger partial charge on any atom is -0.426 e. The molecule has 3 heteroatoms. The third-order valence-corrected chi connectivity index (χ3v) is 5.83. The Hall–Kier alpha value is -2.42. The van der Waals surface area contributed by atoms with Crippen LogP contribution in [0.5, 0.6) is 5.75 Å². The number of ketones is 1. The molecule has 3 fully saturated rings. The van der Waals surface area contributed by atoms with Crippen LogP contribution < -0.4 is 4.74 Å². The fourth-order valence-electron chi connectivity index (χ4n) is 4.55. The maximum atomic E-state index is 12.9. The van der Waals surface area contributed by atoms with Gasteiger partial charge in [-0.15, -0.1) is 0 Å². The number of Topliss-reactive ketones (excluding diaryl/α,β-unsaturated/α-hetero) is 1. The quantitative estimate of drug-likeness (QED) is 0.587. The van der Waals surface area contributed by atoms with E-state index >= 15 is 0 Å². The smallest absolute Gasteiger partial charge is 0.315 e. The van der Waals surface area contributed by atoms with Gasteiger partial charge in [0.25, 0.3) is 0 Å². The van der Waals surface area contributed by atoms with Crippen molar-refractivity contribution in [2.75, 3.05) is 0 Å². The van der Waals surface area contributed by atoms with E-state index in [4.69, 9.17) is 4.74 Å². The van der Waals surface area contributed by atoms with E-state index in [1.165, 1.54) is 5.56 Å². The van der Waals surface area contributed by atoms with E-state index < -0.39 is 5.41 Å². The second kappa shape index (κ2) is 6.47. The molecule has 128 valence electrons. The highest BCUT2D eigenvalue weighted by Gasteiger charge is 2.63. The van der Waals surface area contributed by atoms with Gasteiger partial charge in [0.15, 0.2) is 0 Å². The summed E-state index contributed by atoms with van der Waals surface area (Å²) in [5.41, 5.74) is 0.704. The highest BCUT2D eigenvalue weighted by Crippen LogP contribution is 2.63. The highest BCUT2D eigenvalue weighted by atomic mass is 16.5. The second-order valence-electron chi connectivity index (χ2n) is 7.36.